The molecular weight excluding hydrogens is 320 g/mol. The summed E-state index contributed by atoms with van der Waals surface area (Å²) < 4.78 is 5.75. The van der Waals surface area contributed by atoms with Crippen molar-refractivity contribution >= 4 is 28.9 Å². The fourth-order valence-electron chi connectivity index (χ4n) is 3.25. The van der Waals surface area contributed by atoms with E-state index in [0.717, 1.165) is 34.9 Å². The van der Waals surface area contributed by atoms with Crippen LogP contribution in [0.1, 0.15) is 37.7 Å². The van der Waals surface area contributed by atoms with Crippen LogP contribution in [-0.4, -0.2) is 23.7 Å². The molecule has 1 aliphatic carbocycles. The molecule has 1 saturated carbocycles. The Balaban J connectivity index is 1.50. The number of thioether (sulfide) groups is 1. The van der Waals surface area contributed by atoms with E-state index < -0.39 is 0 Å². The predicted octanol–water partition coefficient (Wildman–Crippen LogP) is 3.90. The van der Waals surface area contributed by atoms with Crippen molar-refractivity contribution in [1.29, 1.82) is 0 Å². The molecule has 124 valence electrons. The number of carbonyl (C=O) groups is 1. The summed E-state index contributed by atoms with van der Waals surface area (Å²) in [5, 5.41) is 3.64. The highest BCUT2D eigenvalue weighted by Crippen LogP contribution is 2.31. The Morgan fingerprint density at radius 3 is 2.92 bits per heavy atom. The van der Waals surface area contributed by atoms with Crippen molar-refractivity contribution in [3.63, 3.8) is 0 Å². The number of carbonyl (C=O) groups excluding carboxylic acids is 1. The van der Waals surface area contributed by atoms with E-state index in [1.807, 2.05) is 30.3 Å². The molecule has 4 rings (SSSR count). The average molecular weight is 340 g/mol. The first-order valence-corrected chi connectivity index (χ1v) is 9.31. The molecule has 0 atom stereocenters. The molecule has 0 aromatic heterocycles. The Kier molecular flexibility index (Phi) is 4.43. The minimum atomic E-state index is -0.0608. The van der Waals surface area contributed by atoms with E-state index in [9.17, 15) is 4.79 Å². The quantitative estimate of drug-likeness (QED) is 0.831. The van der Waals surface area contributed by atoms with E-state index in [1.165, 1.54) is 31.0 Å². The van der Waals surface area contributed by atoms with E-state index >= 15 is 0 Å². The van der Waals surface area contributed by atoms with Crippen molar-refractivity contribution < 1.29 is 9.53 Å². The Hall–Kier alpha value is -2.01. The zero-order chi connectivity index (χ0) is 16.4. The lowest BCUT2D eigenvalue weighted by molar-refractivity contribution is -0.115. The number of benzene rings is 1. The highest BCUT2D eigenvalue weighted by molar-refractivity contribution is 8.18. The molecule has 4 nitrogen and oxygen atoms in total. The Morgan fingerprint density at radius 2 is 2.04 bits per heavy atom. The van der Waals surface area contributed by atoms with E-state index in [1.54, 1.807) is 0 Å². The minimum Gasteiger partial charge on any atom is -0.488 e. The summed E-state index contributed by atoms with van der Waals surface area (Å²) >= 11 is 1.44. The van der Waals surface area contributed by atoms with E-state index in [-0.39, 0.29) is 5.91 Å². The van der Waals surface area contributed by atoms with Gasteiger partial charge in [-0.1, -0.05) is 37.5 Å². The number of hydrogen-bond donors (Lipinski definition) is 1. The van der Waals surface area contributed by atoms with Crippen molar-refractivity contribution in [1.82, 2.24) is 5.32 Å². The number of aliphatic imine (C=N–C) groups is 1. The van der Waals surface area contributed by atoms with E-state index in [0.29, 0.717) is 17.6 Å². The summed E-state index contributed by atoms with van der Waals surface area (Å²) in [6.07, 6.45) is 10.1. The summed E-state index contributed by atoms with van der Waals surface area (Å²) in [4.78, 5) is 17.6. The van der Waals surface area contributed by atoms with Gasteiger partial charge in [-0.25, -0.2) is 0 Å². The van der Waals surface area contributed by atoms with Gasteiger partial charge < -0.3 is 10.1 Å². The minimum absolute atomic E-state index is 0.0608. The molecule has 1 aromatic rings. The normalized spacial score (nSPS) is 24.5. The summed E-state index contributed by atoms with van der Waals surface area (Å²) in [7, 11) is 0. The second kappa shape index (κ2) is 6.85. The van der Waals surface area contributed by atoms with Crippen LogP contribution in [0, 0.1) is 0 Å². The Labute approximate surface area is 146 Å². The van der Waals surface area contributed by atoms with Crippen LogP contribution in [0.3, 0.4) is 0 Å². The number of amides is 1. The highest BCUT2D eigenvalue weighted by atomic mass is 32.2. The van der Waals surface area contributed by atoms with Gasteiger partial charge in [0.25, 0.3) is 5.91 Å². The molecule has 0 spiro atoms. The topological polar surface area (TPSA) is 50.7 Å². The zero-order valence-corrected chi connectivity index (χ0v) is 14.3. The van der Waals surface area contributed by atoms with Crippen LogP contribution >= 0.6 is 11.8 Å². The maximum Gasteiger partial charge on any atom is 0.264 e. The molecule has 0 unspecified atom stereocenters. The van der Waals surface area contributed by atoms with Crippen molar-refractivity contribution in [2.24, 2.45) is 4.99 Å². The number of nitrogens with one attached hydrogen (secondary N) is 1. The molecule has 1 N–H and O–H groups in total. The van der Waals surface area contributed by atoms with Crippen molar-refractivity contribution in [2.45, 2.75) is 38.1 Å². The first kappa shape index (κ1) is 15.5. The van der Waals surface area contributed by atoms with Crippen LogP contribution in [0.2, 0.25) is 0 Å². The molecule has 5 heteroatoms. The molecule has 1 aromatic carbocycles. The van der Waals surface area contributed by atoms with Gasteiger partial charge in [-0.3, -0.25) is 9.79 Å². The third kappa shape index (κ3) is 3.41. The lowest BCUT2D eigenvalue weighted by atomic mass is 9.96. The molecule has 1 amide bonds. The number of fused-ring (bicyclic) bond motifs is 1. The van der Waals surface area contributed by atoms with Gasteiger partial charge in [-0.15, -0.1) is 0 Å². The molecule has 24 heavy (non-hydrogen) atoms. The van der Waals surface area contributed by atoms with Crippen LogP contribution in [-0.2, 0) is 4.79 Å². The number of nitrogens with zero attached hydrogens (tertiary/aromatic N) is 1. The number of amidine groups is 1. The Bertz CT molecular complexity index is 745. The predicted molar refractivity (Wildman–Crippen MR) is 98.0 cm³/mol. The maximum atomic E-state index is 12.2. The number of hydrogen-bond acceptors (Lipinski definition) is 4. The smallest absolute Gasteiger partial charge is 0.264 e. The molecular formula is C19H20N2O2S. The average Bonchev–Trinajstić information content (AvgIpc) is 2.95. The maximum absolute atomic E-state index is 12.2. The van der Waals surface area contributed by atoms with Crippen molar-refractivity contribution in [2.75, 3.05) is 6.61 Å². The van der Waals surface area contributed by atoms with Crippen molar-refractivity contribution in [3.8, 4) is 5.75 Å². The van der Waals surface area contributed by atoms with Gasteiger partial charge in [0.15, 0.2) is 5.17 Å². The molecule has 0 bridgehead atoms. The van der Waals surface area contributed by atoms with Crippen LogP contribution in [0.15, 0.2) is 45.8 Å². The van der Waals surface area contributed by atoms with Gasteiger partial charge in [0.05, 0.1) is 10.9 Å². The molecule has 2 heterocycles. The van der Waals surface area contributed by atoms with Gasteiger partial charge >= 0.3 is 0 Å². The fraction of sp³-hybridized carbons (Fsp3) is 0.368. The monoisotopic (exact) mass is 340 g/mol. The Morgan fingerprint density at radius 1 is 1.21 bits per heavy atom. The standard InChI is InChI=1S/C19H20N2O2S/c22-18-17(24-19(21-18)20-15-7-2-1-3-8-15)11-13-10-14-6-4-5-9-16(14)23-12-13/h4-6,9-11,15H,1-3,7-8,12H2,(H,20,21,22)/b17-11-. The van der Waals surface area contributed by atoms with Crippen LogP contribution < -0.4 is 10.1 Å². The van der Waals surface area contributed by atoms with Crippen LogP contribution in [0.5, 0.6) is 5.75 Å². The molecule has 2 aliphatic heterocycles. The number of ether oxygens (including phenoxy) is 1. The van der Waals surface area contributed by atoms with Gasteiger partial charge in [-0.05, 0) is 48.4 Å². The van der Waals surface area contributed by atoms with Gasteiger partial charge in [-0.2, -0.15) is 0 Å². The second-order valence-corrected chi connectivity index (χ2v) is 7.37. The van der Waals surface area contributed by atoms with E-state index in [2.05, 4.69) is 11.4 Å². The largest absolute Gasteiger partial charge is 0.488 e. The lowest BCUT2D eigenvalue weighted by Crippen LogP contribution is -2.22. The third-order valence-electron chi connectivity index (χ3n) is 4.50. The summed E-state index contributed by atoms with van der Waals surface area (Å²) in [5.41, 5.74) is 2.06. The highest BCUT2D eigenvalue weighted by Gasteiger charge is 2.26. The third-order valence-corrected chi connectivity index (χ3v) is 5.42. The number of rotatable bonds is 2. The first-order valence-electron chi connectivity index (χ1n) is 8.49. The van der Waals surface area contributed by atoms with Crippen LogP contribution in [0.25, 0.3) is 6.08 Å². The molecule has 1 saturated heterocycles. The molecule has 3 aliphatic rings. The zero-order valence-electron chi connectivity index (χ0n) is 13.5. The van der Waals surface area contributed by atoms with Crippen molar-refractivity contribution in [3.05, 3.63) is 46.4 Å². The lowest BCUT2D eigenvalue weighted by Gasteiger charge is -2.17. The molecule has 2 fully saturated rings. The fourth-order valence-corrected chi connectivity index (χ4v) is 4.16. The SMILES string of the molecule is O=C1NC(=NC2CCCCC2)S/C1=C\C1=Cc2ccccc2OC1. The van der Waals surface area contributed by atoms with Crippen LogP contribution in [0.4, 0.5) is 0 Å². The summed E-state index contributed by atoms with van der Waals surface area (Å²) in [6, 6.07) is 8.29. The second-order valence-electron chi connectivity index (χ2n) is 6.34. The number of para-hydroxylation sites is 1. The van der Waals surface area contributed by atoms with E-state index in [4.69, 9.17) is 9.73 Å². The van der Waals surface area contributed by atoms with Gasteiger partial charge in [0.1, 0.15) is 12.4 Å². The summed E-state index contributed by atoms with van der Waals surface area (Å²) in [6.45, 7) is 0.490. The summed E-state index contributed by atoms with van der Waals surface area (Å²) in [5.74, 6) is 0.831. The first-order chi connectivity index (χ1) is 11.8. The molecule has 0 radical (unpaired) electrons. The van der Waals surface area contributed by atoms with Gasteiger partial charge in [0, 0.05) is 5.56 Å². The van der Waals surface area contributed by atoms with Gasteiger partial charge in [0.2, 0.25) is 0 Å².